The van der Waals surface area contributed by atoms with E-state index < -0.39 is 21.8 Å². The number of hydrogen-bond acceptors (Lipinski definition) is 8. The maximum atomic E-state index is 11.9. The number of fused-ring (bicyclic) bond motifs is 1. The van der Waals surface area contributed by atoms with Gasteiger partial charge in [0.15, 0.2) is 17.0 Å². The molecule has 10 nitrogen and oxygen atoms in total. The molecule has 0 fully saturated rings. The maximum Gasteiger partial charge on any atom is 0.413 e. The number of imidazole rings is 1. The number of aromatic nitrogens is 4. The summed E-state index contributed by atoms with van der Waals surface area (Å²) in [7, 11) is 0. The third-order valence-electron chi connectivity index (χ3n) is 3.28. The zero-order chi connectivity index (χ0) is 22.1. The molecule has 156 valence electrons. The predicted octanol–water partition coefficient (Wildman–Crippen LogP) is 2.86. The van der Waals surface area contributed by atoms with E-state index >= 15 is 0 Å². The lowest BCUT2D eigenvalue weighted by Gasteiger charge is -2.07. The topological polar surface area (TPSA) is 133 Å². The number of nitrogens with one attached hydrogen (secondary N) is 1. The van der Waals surface area contributed by atoms with Crippen molar-refractivity contribution < 1.29 is 23.9 Å². The first-order valence-corrected chi connectivity index (χ1v) is 9.12. The molecule has 0 unspecified atom stereocenters. The highest BCUT2D eigenvalue weighted by atomic mass is 35.5. The molecule has 0 spiro atoms. The van der Waals surface area contributed by atoms with Gasteiger partial charge in [0.2, 0.25) is 5.24 Å². The van der Waals surface area contributed by atoms with Gasteiger partial charge in [-0.25, -0.2) is 19.7 Å². The number of hydrogen-bond donors (Lipinski definition) is 1. The number of amides is 1. The average molecular weight is 473 g/mol. The highest BCUT2D eigenvalue weighted by molar-refractivity contribution is 6.97. The molecule has 0 atom stereocenters. The van der Waals surface area contributed by atoms with Crippen LogP contribution in [0.25, 0.3) is 11.2 Å². The number of rotatable bonds is 6. The summed E-state index contributed by atoms with van der Waals surface area (Å²) in [6.07, 6.45) is 1.99. The number of carbonyl (C=O) groups is 4. The summed E-state index contributed by atoms with van der Waals surface area (Å²) in [5.74, 6) is 0.193. The van der Waals surface area contributed by atoms with Gasteiger partial charge in [-0.1, -0.05) is 30.3 Å². The van der Waals surface area contributed by atoms with E-state index in [1.807, 2.05) is 30.3 Å². The van der Waals surface area contributed by atoms with Gasteiger partial charge in [0.05, 0.1) is 12.9 Å². The summed E-state index contributed by atoms with van der Waals surface area (Å²) in [4.78, 5) is 53.9. The molecule has 1 amide bonds. The average Bonchev–Trinajstić information content (AvgIpc) is 3.11. The van der Waals surface area contributed by atoms with Crippen LogP contribution in [0.5, 0.6) is 0 Å². The van der Waals surface area contributed by atoms with Crippen molar-refractivity contribution in [1.29, 1.82) is 0 Å². The molecule has 2 heterocycles. The Labute approximate surface area is 184 Å². The Morgan fingerprint density at radius 1 is 0.967 bits per heavy atom. The van der Waals surface area contributed by atoms with Gasteiger partial charge in [-0.2, -0.15) is 0 Å². The summed E-state index contributed by atoms with van der Waals surface area (Å²) in [6.45, 7) is 0.0586. The molecule has 1 N–H and O–H groups in total. The smallest absolute Gasteiger partial charge is 0.413 e. The van der Waals surface area contributed by atoms with E-state index in [9.17, 15) is 19.2 Å². The van der Waals surface area contributed by atoms with Crippen LogP contribution in [0.2, 0.25) is 0 Å². The number of benzene rings is 1. The number of anilines is 1. The molecule has 30 heavy (non-hydrogen) atoms. The van der Waals surface area contributed by atoms with E-state index in [4.69, 9.17) is 16.3 Å². The normalized spacial score (nSPS) is 9.97. The SMILES string of the molecule is O=C(Cl)C(=O)Cl.O=C(Cl)Cn1cnc2c(NC(=O)OCc3ccccc3)ncnc21. The van der Waals surface area contributed by atoms with Crippen molar-refractivity contribution in [3.8, 4) is 0 Å². The lowest BCUT2D eigenvalue weighted by Crippen LogP contribution is -2.15. The quantitative estimate of drug-likeness (QED) is 0.428. The zero-order valence-corrected chi connectivity index (χ0v) is 17.2. The molecular weight excluding hydrogens is 461 g/mol. The number of nitrogens with zero attached hydrogens (tertiary/aromatic N) is 4. The fourth-order valence-electron chi connectivity index (χ4n) is 2.08. The first-order chi connectivity index (χ1) is 14.3. The van der Waals surface area contributed by atoms with E-state index in [2.05, 4.69) is 43.5 Å². The predicted molar refractivity (Wildman–Crippen MR) is 108 cm³/mol. The van der Waals surface area contributed by atoms with Gasteiger partial charge in [0, 0.05) is 0 Å². The monoisotopic (exact) mass is 471 g/mol. The van der Waals surface area contributed by atoms with Gasteiger partial charge in [-0.3, -0.25) is 19.7 Å². The Morgan fingerprint density at radius 2 is 1.63 bits per heavy atom. The number of carbonyl (C=O) groups excluding carboxylic acids is 4. The molecule has 0 bridgehead atoms. The Bertz CT molecular complexity index is 1060. The minimum Gasteiger partial charge on any atom is -0.444 e. The largest absolute Gasteiger partial charge is 0.444 e. The van der Waals surface area contributed by atoms with Crippen LogP contribution in [-0.2, 0) is 32.3 Å². The molecule has 1 aromatic carbocycles. The molecule has 0 radical (unpaired) electrons. The Hall–Kier alpha value is -3.08. The van der Waals surface area contributed by atoms with Crippen molar-refractivity contribution in [2.24, 2.45) is 0 Å². The molecule has 0 saturated carbocycles. The lowest BCUT2D eigenvalue weighted by atomic mass is 10.2. The summed E-state index contributed by atoms with van der Waals surface area (Å²) in [6, 6.07) is 9.29. The molecule has 13 heteroatoms. The number of ether oxygens (including phenoxy) is 1. The van der Waals surface area contributed by atoms with E-state index in [1.54, 1.807) is 0 Å². The lowest BCUT2D eigenvalue weighted by molar-refractivity contribution is -0.127. The van der Waals surface area contributed by atoms with E-state index in [1.165, 1.54) is 17.2 Å². The standard InChI is InChI=1S/C15H12ClN5O3.C2Cl2O2/c16-11(22)6-21-9-19-12-13(17-8-18-14(12)21)20-15(23)24-7-10-4-2-1-3-5-10;3-1(5)2(4)6/h1-5,8-9H,6-7H2,(H,17,18,20,23);. The van der Waals surface area contributed by atoms with Crippen LogP contribution < -0.4 is 5.32 Å². The van der Waals surface area contributed by atoms with Crippen LogP contribution in [0.1, 0.15) is 5.56 Å². The third kappa shape index (κ3) is 7.07. The van der Waals surface area contributed by atoms with Crippen molar-refractivity contribution in [2.75, 3.05) is 5.32 Å². The molecule has 3 rings (SSSR count). The van der Waals surface area contributed by atoms with Crippen molar-refractivity contribution in [2.45, 2.75) is 13.2 Å². The fourth-order valence-corrected chi connectivity index (χ4v) is 2.21. The Morgan fingerprint density at radius 3 is 2.23 bits per heavy atom. The second kappa shape index (κ2) is 11.2. The maximum absolute atomic E-state index is 11.9. The summed E-state index contributed by atoms with van der Waals surface area (Å²) in [5, 5.41) is -0.319. The number of halogens is 3. The van der Waals surface area contributed by atoms with Crippen molar-refractivity contribution in [3.63, 3.8) is 0 Å². The highest BCUT2D eigenvalue weighted by Crippen LogP contribution is 2.17. The van der Waals surface area contributed by atoms with Crippen LogP contribution in [0, 0.1) is 0 Å². The summed E-state index contributed by atoms with van der Waals surface area (Å²) < 4.78 is 6.60. The molecule has 0 aliphatic rings. The van der Waals surface area contributed by atoms with E-state index in [0.29, 0.717) is 11.2 Å². The van der Waals surface area contributed by atoms with Crippen molar-refractivity contribution in [3.05, 3.63) is 48.5 Å². The molecule has 0 aliphatic carbocycles. The van der Waals surface area contributed by atoms with E-state index in [-0.39, 0.29) is 19.0 Å². The van der Waals surface area contributed by atoms with Crippen LogP contribution >= 0.6 is 34.8 Å². The summed E-state index contributed by atoms with van der Waals surface area (Å²) in [5.41, 5.74) is 1.59. The fraction of sp³-hybridized carbons (Fsp3) is 0.118. The van der Waals surface area contributed by atoms with Crippen LogP contribution in [0.15, 0.2) is 43.0 Å². The molecule has 0 saturated heterocycles. The first kappa shape index (κ1) is 23.2. The van der Waals surface area contributed by atoms with Crippen molar-refractivity contribution >= 4 is 73.6 Å². The second-order valence-corrected chi connectivity index (χ2v) is 6.46. The van der Waals surface area contributed by atoms with Gasteiger partial charge in [0.1, 0.15) is 12.9 Å². The summed E-state index contributed by atoms with van der Waals surface area (Å²) >= 11 is 14.4. The van der Waals surface area contributed by atoms with Crippen LogP contribution in [0.3, 0.4) is 0 Å². The van der Waals surface area contributed by atoms with Gasteiger partial charge >= 0.3 is 16.6 Å². The molecule has 3 aromatic rings. The molecular formula is C17H12Cl3N5O5. The Kier molecular flexibility index (Phi) is 8.66. The zero-order valence-electron chi connectivity index (χ0n) is 14.9. The minimum atomic E-state index is -1.14. The van der Waals surface area contributed by atoms with Crippen molar-refractivity contribution in [1.82, 2.24) is 19.5 Å². The van der Waals surface area contributed by atoms with E-state index in [0.717, 1.165) is 5.56 Å². The molecule has 2 aromatic heterocycles. The van der Waals surface area contributed by atoms with Gasteiger partial charge in [-0.05, 0) is 40.4 Å². The third-order valence-corrected chi connectivity index (χ3v) is 3.84. The molecule has 0 aliphatic heterocycles. The first-order valence-electron chi connectivity index (χ1n) is 7.99. The van der Waals surface area contributed by atoms with Gasteiger partial charge in [0.25, 0.3) is 0 Å². The van der Waals surface area contributed by atoms with Gasteiger partial charge in [-0.15, -0.1) is 0 Å². The Balaban J connectivity index is 0.000000469. The van der Waals surface area contributed by atoms with Crippen LogP contribution in [-0.4, -0.2) is 41.3 Å². The minimum absolute atomic E-state index is 0.0764. The highest BCUT2D eigenvalue weighted by Gasteiger charge is 2.14. The van der Waals surface area contributed by atoms with Crippen LogP contribution in [0.4, 0.5) is 10.6 Å². The second-order valence-electron chi connectivity index (χ2n) is 5.36. The van der Waals surface area contributed by atoms with Gasteiger partial charge < -0.3 is 9.30 Å².